The Hall–Kier alpha value is -3.01. The molecule has 0 atom stereocenters. The summed E-state index contributed by atoms with van der Waals surface area (Å²) in [7, 11) is 2.03. The standard InChI is InChI=1S/C22H21N2O2/c1-4-26-16-11-9-15(10-12-16)22(25)18-13-23-20-17-7-5-6-8-19(17)24(3)21(20)14(18)2/h5-12H,4,13H2,1-3H3/q+1. The molecular weight excluding hydrogens is 324 g/mol. The molecule has 0 fully saturated rings. The van der Waals surface area contributed by atoms with E-state index in [9.17, 15) is 4.79 Å². The average Bonchev–Trinajstić information content (AvgIpc) is 2.96. The largest absolute Gasteiger partial charge is 0.494 e. The normalized spacial score (nSPS) is 15.6. The third-order valence-corrected chi connectivity index (χ3v) is 4.98. The molecule has 0 bridgehead atoms. The Kier molecular flexibility index (Phi) is 4.03. The Morgan fingerprint density at radius 2 is 1.88 bits per heavy atom. The molecule has 4 rings (SSSR count). The molecule has 0 aliphatic carbocycles. The first kappa shape index (κ1) is 16.5. The highest BCUT2D eigenvalue weighted by Gasteiger charge is 2.38. The maximum absolute atomic E-state index is 13.0. The van der Waals surface area contributed by atoms with E-state index in [2.05, 4.69) is 16.7 Å². The van der Waals surface area contributed by atoms with Crippen LogP contribution in [0.3, 0.4) is 0 Å². The zero-order valence-electron chi connectivity index (χ0n) is 15.2. The van der Waals surface area contributed by atoms with Gasteiger partial charge in [0.2, 0.25) is 11.4 Å². The van der Waals surface area contributed by atoms with E-state index in [0.29, 0.717) is 18.7 Å². The van der Waals surface area contributed by atoms with Crippen molar-refractivity contribution >= 4 is 22.9 Å². The van der Waals surface area contributed by atoms with Crippen LogP contribution >= 0.6 is 0 Å². The van der Waals surface area contributed by atoms with Crippen LogP contribution in [-0.4, -0.2) is 42.0 Å². The Morgan fingerprint density at radius 1 is 1.15 bits per heavy atom. The summed E-state index contributed by atoms with van der Waals surface area (Å²) in [5.74, 6) is 0.809. The van der Waals surface area contributed by atoms with Gasteiger partial charge in [0.25, 0.3) is 0 Å². The van der Waals surface area contributed by atoms with E-state index >= 15 is 0 Å². The Bertz CT molecular complexity index is 995. The molecule has 2 aliphatic rings. The minimum atomic E-state index is 0.0326. The number of rotatable bonds is 4. The fourth-order valence-electron chi connectivity index (χ4n) is 3.67. The molecule has 2 heterocycles. The zero-order chi connectivity index (χ0) is 18.3. The molecule has 0 saturated heterocycles. The number of allylic oxidation sites excluding steroid dienone is 1. The van der Waals surface area contributed by atoms with Crippen LogP contribution in [0, 0.1) is 0 Å². The smallest absolute Gasteiger partial charge is 0.235 e. The van der Waals surface area contributed by atoms with Crippen LogP contribution in [0.2, 0.25) is 0 Å². The van der Waals surface area contributed by atoms with Crippen molar-refractivity contribution in [3.63, 3.8) is 0 Å². The van der Waals surface area contributed by atoms with Crippen molar-refractivity contribution in [1.29, 1.82) is 0 Å². The van der Waals surface area contributed by atoms with Crippen molar-refractivity contribution in [1.82, 2.24) is 0 Å². The summed E-state index contributed by atoms with van der Waals surface area (Å²) in [6, 6.07) is 15.6. The third-order valence-electron chi connectivity index (χ3n) is 4.98. The van der Waals surface area contributed by atoms with Gasteiger partial charge in [-0.3, -0.25) is 9.79 Å². The fraction of sp³-hybridized carbons (Fsp3) is 0.227. The number of ether oxygens (including phenoxy) is 1. The number of hydrogen-bond acceptors (Lipinski definition) is 3. The molecule has 4 heteroatoms. The SMILES string of the molecule is CCOc1ccc(C(=O)C2=C(C)C3=[N+](C)c4ccccc4C3=NC2)cc1. The molecule has 0 amide bonds. The summed E-state index contributed by atoms with van der Waals surface area (Å²) in [5.41, 5.74) is 6.73. The van der Waals surface area contributed by atoms with Gasteiger partial charge in [0.15, 0.2) is 5.78 Å². The lowest BCUT2D eigenvalue weighted by Gasteiger charge is -2.14. The third kappa shape index (κ3) is 2.49. The van der Waals surface area contributed by atoms with E-state index < -0.39 is 0 Å². The molecule has 0 radical (unpaired) electrons. The highest BCUT2D eigenvalue weighted by atomic mass is 16.5. The molecule has 0 saturated carbocycles. The molecule has 0 unspecified atom stereocenters. The number of carbonyl (C=O) groups is 1. The molecule has 130 valence electrons. The first-order chi connectivity index (χ1) is 12.6. The van der Waals surface area contributed by atoms with Crippen LogP contribution < -0.4 is 4.74 Å². The first-order valence-electron chi connectivity index (χ1n) is 8.84. The molecule has 4 nitrogen and oxygen atoms in total. The van der Waals surface area contributed by atoms with Gasteiger partial charge >= 0.3 is 0 Å². The van der Waals surface area contributed by atoms with Crippen LogP contribution in [0.1, 0.15) is 29.8 Å². The van der Waals surface area contributed by atoms with Crippen molar-refractivity contribution in [3.8, 4) is 5.75 Å². The van der Waals surface area contributed by atoms with E-state index in [4.69, 9.17) is 9.73 Å². The number of para-hydroxylation sites is 1. The van der Waals surface area contributed by atoms with Crippen LogP contribution in [0.25, 0.3) is 0 Å². The van der Waals surface area contributed by atoms with Gasteiger partial charge < -0.3 is 4.74 Å². The summed E-state index contributed by atoms with van der Waals surface area (Å²) < 4.78 is 7.59. The van der Waals surface area contributed by atoms with Gasteiger partial charge in [-0.15, -0.1) is 0 Å². The van der Waals surface area contributed by atoms with Crippen molar-refractivity contribution < 1.29 is 14.1 Å². The number of carbonyl (C=O) groups excluding carboxylic acids is 1. The summed E-state index contributed by atoms with van der Waals surface area (Å²) in [5, 5.41) is 0. The Morgan fingerprint density at radius 3 is 2.62 bits per heavy atom. The summed E-state index contributed by atoms with van der Waals surface area (Å²) in [6.45, 7) is 4.99. The number of ketones is 1. The quantitative estimate of drug-likeness (QED) is 0.624. The van der Waals surface area contributed by atoms with E-state index in [-0.39, 0.29) is 5.78 Å². The highest BCUT2D eigenvalue weighted by Crippen LogP contribution is 2.31. The maximum atomic E-state index is 13.0. The first-order valence-corrected chi connectivity index (χ1v) is 8.84. The number of benzene rings is 2. The predicted molar refractivity (Wildman–Crippen MR) is 103 cm³/mol. The second-order valence-corrected chi connectivity index (χ2v) is 6.48. The van der Waals surface area contributed by atoms with Crippen molar-refractivity contribution in [2.45, 2.75) is 13.8 Å². The van der Waals surface area contributed by atoms with E-state index in [1.807, 2.05) is 57.3 Å². The van der Waals surface area contributed by atoms with E-state index in [1.165, 1.54) is 0 Å². The molecule has 0 N–H and O–H groups in total. The van der Waals surface area contributed by atoms with Gasteiger partial charge in [-0.2, -0.15) is 4.58 Å². The number of nitrogens with zero attached hydrogens (tertiary/aromatic N) is 2. The van der Waals surface area contributed by atoms with Crippen LogP contribution in [-0.2, 0) is 0 Å². The predicted octanol–water partition coefficient (Wildman–Crippen LogP) is 3.82. The number of fused-ring (bicyclic) bond motifs is 3. The monoisotopic (exact) mass is 345 g/mol. The van der Waals surface area contributed by atoms with Crippen molar-refractivity contribution in [2.75, 3.05) is 20.2 Å². The van der Waals surface area contributed by atoms with Crippen LogP contribution in [0.5, 0.6) is 5.75 Å². The molecule has 0 aromatic heterocycles. The minimum absolute atomic E-state index is 0.0326. The number of aliphatic imine (C=N–C) groups is 1. The van der Waals surface area contributed by atoms with Gasteiger partial charge in [-0.1, -0.05) is 12.1 Å². The Labute approximate surface area is 153 Å². The van der Waals surface area contributed by atoms with Crippen molar-refractivity contribution in [3.05, 3.63) is 70.8 Å². The highest BCUT2D eigenvalue weighted by molar-refractivity contribution is 6.55. The second kappa shape index (κ2) is 6.37. The second-order valence-electron chi connectivity index (χ2n) is 6.48. The number of dihydropyridines is 1. The van der Waals surface area contributed by atoms with Gasteiger partial charge in [0, 0.05) is 22.8 Å². The zero-order valence-corrected chi connectivity index (χ0v) is 15.2. The van der Waals surface area contributed by atoms with Gasteiger partial charge in [0.05, 0.1) is 18.7 Å². The van der Waals surface area contributed by atoms with Crippen LogP contribution in [0.4, 0.5) is 5.69 Å². The van der Waals surface area contributed by atoms with E-state index in [1.54, 1.807) is 0 Å². The summed E-state index contributed by atoms with van der Waals surface area (Å²) in [4.78, 5) is 17.8. The lowest BCUT2D eigenvalue weighted by Crippen LogP contribution is -2.27. The minimum Gasteiger partial charge on any atom is -0.494 e. The van der Waals surface area contributed by atoms with Gasteiger partial charge in [-0.05, 0) is 44.2 Å². The van der Waals surface area contributed by atoms with E-state index in [0.717, 1.165) is 39.6 Å². The fourth-order valence-corrected chi connectivity index (χ4v) is 3.67. The van der Waals surface area contributed by atoms with Gasteiger partial charge in [0.1, 0.15) is 18.5 Å². The summed E-state index contributed by atoms with van der Waals surface area (Å²) >= 11 is 0. The maximum Gasteiger partial charge on any atom is 0.235 e. The molecular formula is C22H21N2O2+. The molecule has 0 spiro atoms. The average molecular weight is 345 g/mol. The van der Waals surface area contributed by atoms with Gasteiger partial charge in [-0.25, -0.2) is 0 Å². The molecule has 2 aromatic rings. The van der Waals surface area contributed by atoms with Crippen molar-refractivity contribution in [2.24, 2.45) is 4.99 Å². The number of hydrogen-bond donors (Lipinski definition) is 0. The number of Topliss-reactive ketones (excluding diaryl/α,β-unsaturated/α-hetero) is 1. The topological polar surface area (TPSA) is 41.7 Å². The molecule has 2 aromatic carbocycles. The molecule has 2 aliphatic heterocycles. The molecule has 26 heavy (non-hydrogen) atoms. The lowest BCUT2D eigenvalue weighted by atomic mass is 9.91. The summed E-state index contributed by atoms with van der Waals surface area (Å²) in [6.07, 6.45) is 0. The lowest BCUT2D eigenvalue weighted by molar-refractivity contribution is -0.400. The Balaban J connectivity index is 1.71. The van der Waals surface area contributed by atoms with Crippen LogP contribution in [0.15, 0.2) is 64.7 Å².